The maximum absolute atomic E-state index is 12.5. The van der Waals surface area contributed by atoms with Gasteiger partial charge in [-0.1, -0.05) is 30.3 Å². The Labute approximate surface area is 201 Å². The summed E-state index contributed by atoms with van der Waals surface area (Å²) in [6.45, 7) is 1.25. The van der Waals surface area contributed by atoms with E-state index in [0.29, 0.717) is 36.4 Å². The predicted octanol–water partition coefficient (Wildman–Crippen LogP) is 1.57. The van der Waals surface area contributed by atoms with Crippen LogP contribution in [0.25, 0.3) is 17.5 Å². The van der Waals surface area contributed by atoms with Crippen molar-refractivity contribution in [3.05, 3.63) is 71.1 Å². The second-order valence-electron chi connectivity index (χ2n) is 8.76. The number of fused-ring (bicyclic) bond motifs is 1. The number of aromatic nitrogens is 4. The van der Waals surface area contributed by atoms with Crippen molar-refractivity contribution < 1.29 is 9.21 Å². The standard InChI is InChI=1S/C24H25N9O2/c34-22(33-9-8-19-20(14-33)29-32-28-19)7-3-6-21-30-31-23(35-21)17-12-25-24(26-13-17)27-18-10-15-4-1-2-5-16(15)11-18/h1-6,12-13,18,28-29,32H,7-11,14H2,(H,25,26,27)/b6-3+. The molecule has 0 fully saturated rings. The van der Waals surface area contributed by atoms with Gasteiger partial charge < -0.3 is 25.5 Å². The van der Waals surface area contributed by atoms with Crippen molar-refractivity contribution in [2.24, 2.45) is 0 Å². The van der Waals surface area contributed by atoms with Gasteiger partial charge in [0.1, 0.15) is 0 Å². The summed E-state index contributed by atoms with van der Waals surface area (Å²) in [5.41, 5.74) is 14.4. The van der Waals surface area contributed by atoms with E-state index in [-0.39, 0.29) is 18.4 Å². The van der Waals surface area contributed by atoms with Crippen LogP contribution in [0.4, 0.5) is 5.95 Å². The number of hydrogen-bond donors (Lipinski definition) is 4. The first kappa shape index (κ1) is 21.3. The Morgan fingerprint density at radius 1 is 1.11 bits per heavy atom. The molecule has 11 nitrogen and oxygen atoms in total. The SMILES string of the molecule is O=C(C/C=C/c1nnc(-c2cnc(NC3Cc4ccccc4C3)nc2)o1)N1CCC2=C(C1)NNN2. The molecule has 0 bridgehead atoms. The summed E-state index contributed by atoms with van der Waals surface area (Å²) < 4.78 is 5.70. The maximum Gasteiger partial charge on any atom is 0.251 e. The van der Waals surface area contributed by atoms with Gasteiger partial charge in [0.15, 0.2) is 0 Å². The molecule has 11 heteroatoms. The Morgan fingerprint density at radius 2 is 1.89 bits per heavy atom. The van der Waals surface area contributed by atoms with Crippen LogP contribution in [0, 0.1) is 0 Å². The lowest BCUT2D eigenvalue weighted by Crippen LogP contribution is -2.38. The highest BCUT2D eigenvalue weighted by Crippen LogP contribution is 2.24. The van der Waals surface area contributed by atoms with Gasteiger partial charge in [-0.05, 0) is 30.0 Å². The van der Waals surface area contributed by atoms with Crippen molar-refractivity contribution in [3.63, 3.8) is 0 Å². The largest absolute Gasteiger partial charge is 0.417 e. The fourth-order valence-corrected chi connectivity index (χ4v) is 4.58. The summed E-state index contributed by atoms with van der Waals surface area (Å²) in [7, 11) is 0. The van der Waals surface area contributed by atoms with Crippen LogP contribution in [-0.2, 0) is 17.6 Å². The van der Waals surface area contributed by atoms with Gasteiger partial charge in [-0.3, -0.25) is 4.79 Å². The van der Waals surface area contributed by atoms with E-state index in [9.17, 15) is 4.79 Å². The van der Waals surface area contributed by atoms with E-state index >= 15 is 0 Å². The third kappa shape index (κ3) is 4.58. The highest BCUT2D eigenvalue weighted by molar-refractivity contribution is 5.79. The molecule has 0 saturated heterocycles. The van der Waals surface area contributed by atoms with Gasteiger partial charge in [-0.25, -0.2) is 9.97 Å². The quantitative estimate of drug-likeness (QED) is 0.420. The summed E-state index contributed by atoms with van der Waals surface area (Å²) in [5.74, 6) is 1.28. The number of nitrogens with zero attached hydrogens (tertiary/aromatic N) is 5. The normalized spacial score (nSPS) is 17.3. The van der Waals surface area contributed by atoms with E-state index in [1.165, 1.54) is 11.1 Å². The summed E-state index contributed by atoms with van der Waals surface area (Å²) in [4.78, 5) is 23.2. The molecular formula is C24H25N9O2. The zero-order valence-electron chi connectivity index (χ0n) is 19.0. The van der Waals surface area contributed by atoms with Crippen LogP contribution in [0.3, 0.4) is 0 Å². The number of carbonyl (C=O) groups is 1. The second kappa shape index (κ2) is 9.18. The molecule has 1 aromatic carbocycles. The number of hydrogen-bond acceptors (Lipinski definition) is 10. The van der Waals surface area contributed by atoms with Crippen LogP contribution in [0.5, 0.6) is 0 Å². The third-order valence-corrected chi connectivity index (χ3v) is 6.40. The van der Waals surface area contributed by atoms with Crippen LogP contribution in [0.2, 0.25) is 0 Å². The summed E-state index contributed by atoms with van der Waals surface area (Å²) in [6, 6.07) is 8.77. The van der Waals surface area contributed by atoms with E-state index in [0.717, 1.165) is 30.7 Å². The lowest BCUT2D eigenvalue weighted by atomic mass is 10.1. The Kier molecular flexibility index (Phi) is 5.59. The van der Waals surface area contributed by atoms with Crippen molar-refractivity contribution in [2.45, 2.75) is 31.7 Å². The van der Waals surface area contributed by atoms with E-state index in [4.69, 9.17) is 4.42 Å². The van der Waals surface area contributed by atoms with Gasteiger partial charge in [0.05, 0.1) is 23.5 Å². The lowest BCUT2D eigenvalue weighted by molar-refractivity contribution is -0.130. The number of carbonyl (C=O) groups excluding carboxylic acids is 1. The minimum Gasteiger partial charge on any atom is -0.417 e. The van der Waals surface area contributed by atoms with E-state index in [1.807, 2.05) is 4.90 Å². The molecule has 1 amide bonds. The first-order valence-electron chi connectivity index (χ1n) is 11.6. The van der Waals surface area contributed by atoms with Crippen LogP contribution in [0.15, 0.2) is 58.5 Å². The third-order valence-electron chi connectivity index (χ3n) is 6.40. The fourth-order valence-electron chi connectivity index (χ4n) is 4.58. The van der Waals surface area contributed by atoms with Crippen molar-refractivity contribution >= 4 is 17.9 Å². The molecule has 0 unspecified atom stereocenters. The summed E-state index contributed by atoms with van der Waals surface area (Å²) in [6.07, 6.45) is 9.72. The zero-order chi connectivity index (χ0) is 23.6. The Bertz CT molecular complexity index is 1270. The number of amides is 1. The highest BCUT2D eigenvalue weighted by Gasteiger charge is 2.25. The molecule has 3 aromatic rings. The van der Waals surface area contributed by atoms with Gasteiger partial charge in [0.25, 0.3) is 5.89 Å². The van der Waals surface area contributed by atoms with Gasteiger partial charge >= 0.3 is 0 Å². The van der Waals surface area contributed by atoms with Crippen LogP contribution >= 0.6 is 0 Å². The smallest absolute Gasteiger partial charge is 0.251 e. The van der Waals surface area contributed by atoms with Crippen molar-refractivity contribution in [3.8, 4) is 11.5 Å². The number of nitrogens with one attached hydrogen (secondary N) is 4. The molecule has 0 saturated carbocycles. The van der Waals surface area contributed by atoms with Gasteiger partial charge in [0.2, 0.25) is 17.7 Å². The minimum absolute atomic E-state index is 0.0445. The number of anilines is 1. The Hall–Kier alpha value is -4.25. The highest BCUT2D eigenvalue weighted by atomic mass is 16.4. The molecule has 0 spiro atoms. The van der Waals surface area contributed by atoms with Crippen molar-refractivity contribution in [1.29, 1.82) is 0 Å². The lowest BCUT2D eigenvalue weighted by Gasteiger charge is -2.26. The summed E-state index contributed by atoms with van der Waals surface area (Å²) >= 11 is 0. The first-order chi connectivity index (χ1) is 17.2. The molecular weight excluding hydrogens is 446 g/mol. The average molecular weight is 472 g/mol. The van der Waals surface area contributed by atoms with Gasteiger partial charge in [-0.15, -0.1) is 10.2 Å². The van der Waals surface area contributed by atoms with Crippen LogP contribution < -0.4 is 21.7 Å². The molecule has 2 aliphatic heterocycles. The molecule has 4 N–H and O–H groups in total. The second-order valence-corrected chi connectivity index (χ2v) is 8.76. The molecule has 1 aliphatic carbocycles. The molecule has 0 atom stereocenters. The van der Waals surface area contributed by atoms with E-state index in [1.54, 1.807) is 24.5 Å². The van der Waals surface area contributed by atoms with Crippen molar-refractivity contribution in [2.75, 3.05) is 18.4 Å². The van der Waals surface area contributed by atoms with Crippen LogP contribution in [-0.4, -0.2) is 50.1 Å². The maximum atomic E-state index is 12.5. The van der Waals surface area contributed by atoms with Gasteiger partial charge in [0, 0.05) is 37.8 Å². The zero-order valence-corrected chi connectivity index (χ0v) is 19.0. The molecule has 3 aliphatic rings. The van der Waals surface area contributed by atoms with Gasteiger partial charge in [-0.2, -0.15) is 5.53 Å². The van der Waals surface area contributed by atoms with Crippen molar-refractivity contribution in [1.82, 2.24) is 41.5 Å². The van der Waals surface area contributed by atoms with E-state index < -0.39 is 0 Å². The molecule has 2 aromatic heterocycles. The number of hydrazine groups is 2. The molecule has 178 valence electrons. The summed E-state index contributed by atoms with van der Waals surface area (Å²) in [5, 5.41) is 11.5. The topological polar surface area (TPSA) is 133 Å². The minimum atomic E-state index is 0.0445. The van der Waals surface area contributed by atoms with E-state index in [2.05, 4.69) is 66.1 Å². The molecule has 35 heavy (non-hydrogen) atoms. The molecule has 0 radical (unpaired) electrons. The molecule has 6 rings (SSSR count). The Morgan fingerprint density at radius 3 is 2.69 bits per heavy atom. The molecule has 4 heterocycles. The number of benzene rings is 1. The Balaban J connectivity index is 1.02. The number of rotatable bonds is 6. The fraction of sp³-hybridized carbons (Fsp3) is 0.292. The predicted molar refractivity (Wildman–Crippen MR) is 128 cm³/mol. The van der Waals surface area contributed by atoms with Crippen LogP contribution in [0.1, 0.15) is 29.9 Å². The monoisotopic (exact) mass is 471 g/mol. The first-order valence-corrected chi connectivity index (χ1v) is 11.6. The average Bonchev–Trinajstić information content (AvgIpc) is 3.63.